The van der Waals surface area contributed by atoms with Crippen molar-refractivity contribution in [2.45, 2.75) is 25.5 Å². The molecule has 0 spiro atoms. The predicted molar refractivity (Wildman–Crippen MR) is 73.3 cm³/mol. The van der Waals surface area contributed by atoms with Gasteiger partial charge in [0.05, 0.1) is 13.2 Å². The smallest absolute Gasteiger partial charge is 0.119 e. The quantitative estimate of drug-likeness (QED) is 0.829. The Kier molecular flexibility index (Phi) is 3.78. The molecule has 1 aliphatic rings. The first-order chi connectivity index (χ1) is 8.53. The molecule has 100 valence electrons. The summed E-state index contributed by atoms with van der Waals surface area (Å²) in [5.41, 5.74) is 1.09. The number of aliphatic hydroxyl groups is 1. The van der Waals surface area contributed by atoms with Gasteiger partial charge in [-0.1, -0.05) is 0 Å². The lowest BCUT2D eigenvalue weighted by Gasteiger charge is -2.39. The van der Waals surface area contributed by atoms with Crippen LogP contribution in [0.5, 0.6) is 5.75 Å². The van der Waals surface area contributed by atoms with Gasteiger partial charge in [0, 0.05) is 30.9 Å². The monoisotopic (exact) mass is 250 g/mol. The lowest BCUT2D eigenvalue weighted by molar-refractivity contribution is 0.183. The van der Waals surface area contributed by atoms with Gasteiger partial charge in [-0.2, -0.15) is 0 Å². The van der Waals surface area contributed by atoms with Crippen LogP contribution in [-0.2, 0) is 0 Å². The summed E-state index contributed by atoms with van der Waals surface area (Å²) in [5.74, 6) is 0.852. The van der Waals surface area contributed by atoms with Crippen molar-refractivity contribution in [1.29, 1.82) is 0 Å². The average Bonchev–Trinajstić information content (AvgIpc) is 2.48. The molecule has 0 radical (unpaired) electrons. The Labute approximate surface area is 109 Å². The maximum Gasteiger partial charge on any atom is 0.119 e. The van der Waals surface area contributed by atoms with E-state index in [1.54, 1.807) is 7.11 Å². The van der Waals surface area contributed by atoms with Gasteiger partial charge < -0.3 is 20.1 Å². The first-order valence-electron chi connectivity index (χ1n) is 6.33. The number of rotatable bonds is 2. The Morgan fingerprint density at radius 2 is 2.00 bits per heavy atom. The zero-order valence-corrected chi connectivity index (χ0v) is 11.3. The topological polar surface area (TPSA) is 44.7 Å². The van der Waals surface area contributed by atoms with Crippen molar-refractivity contribution in [3.63, 3.8) is 0 Å². The molecule has 1 heterocycles. The first-order valence-corrected chi connectivity index (χ1v) is 6.33. The Bertz CT molecular complexity index is 389. The van der Waals surface area contributed by atoms with Gasteiger partial charge in [0.25, 0.3) is 0 Å². The summed E-state index contributed by atoms with van der Waals surface area (Å²) in [6.45, 7) is 6.52. The van der Waals surface area contributed by atoms with Crippen molar-refractivity contribution >= 4 is 5.69 Å². The van der Waals surface area contributed by atoms with E-state index in [1.807, 2.05) is 24.3 Å². The van der Waals surface area contributed by atoms with Crippen LogP contribution in [0.4, 0.5) is 5.69 Å². The summed E-state index contributed by atoms with van der Waals surface area (Å²) in [6.07, 6.45) is -0.339. The fourth-order valence-electron chi connectivity index (χ4n) is 2.38. The molecule has 18 heavy (non-hydrogen) atoms. The third kappa shape index (κ3) is 2.76. The first kappa shape index (κ1) is 13.2. The van der Waals surface area contributed by atoms with Crippen LogP contribution in [0.25, 0.3) is 0 Å². The molecular formula is C14H22N2O2. The third-order valence-electron chi connectivity index (χ3n) is 3.45. The van der Waals surface area contributed by atoms with E-state index in [2.05, 4.69) is 24.1 Å². The standard InChI is InChI=1S/C14H22N2O2/c1-14(2)10-15-8-12(17)9-16(14)11-4-6-13(18-3)7-5-11/h4-7,12,15,17H,8-10H2,1-3H3. The van der Waals surface area contributed by atoms with Gasteiger partial charge in [0.2, 0.25) is 0 Å². The van der Waals surface area contributed by atoms with Crippen molar-refractivity contribution in [3.8, 4) is 5.75 Å². The predicted octanol–water partition coefficient (Wildman–Crippen LogP) is 1.24. The molecule has 1 aliphatic heterocycles. The van der Waals surface area contributed by atoms with Gasteiger partial charge in [-0.15, -0.1) is 0 Å². The summed E-state index contributed by atoms with van der Waals surface area (Å²) in [4.78, 5) is 2.25. The Morgan fingerprint density at radius 3 is 2.61 bits per heavy atom. The Morgan fingerprint density at radius 1 is 1.33 bits per heavy atom. The van der Waals surface area contributed by atoms with Gasteiger partial charge in [0.15, 0.2) is 0 Å². The van der Waals surface area contributed by atoms with E-state index in [9.17, 15) is 5.11 Å². The minimum Gasteiger partial charge on any atom is -0.497 e. The molecule has 0 bridgehead atoms. The second kappa shape index (κ2) is 5.16. The van der Waals surface area contributed by atoms with E-state index in [1.165, 1.54) is 0 Å². The zero-order valence-electron chi connectivity index (χ0n) is 11.3. The second-order valence-electron chi connectivity index (χ2n) is 5.41. The molecule has 0 aliphatic carbocycles. The van der Waals surface area contributed by atoms with Crippen LogP contribution in [0.3, 0.4) is 0 Å². The third-order valence-corrected chi connectivity index (χ3v) is 3.45. The molecule has 1 fully saturated rings. The van der Waals surface area contributed by atoms with Crippen molar-refractivity contribution < 1.29 is 9.84 Å². The van der Waals surface area contributed by atoms with Gasteiger partial charge in [-0.3, -0.25) is 0 Å². The molecule has 1 aromatic rings. The molecule has 0 saturated carbocycles. The van der Waals surface area contributed by atoms with Crippen molar-refractivity contribution in [2.75, 3.05) is 31.6 Å². The van der Waals surface area contributed by atoms with Crippen molar-refractivity contribution in [2.24, 2.45) is 0 Å². The van der Waals surface area contributed by atoms with E-state index >= 15 is 0 Å². The maximum absolute atomic E-state index is 9.93. The number of hydrogen-bond acceptors (Lipinski definition) is 4. The van der Waals surface area contributed by atoms with Crippen molar-refractivity contribution in [1.82, 2.24) is 5.32 Å². The molecule has 1 aromatic carbocycles. The largest absolute Gasteiger partial charge is 0.497 e. The van der Waals surface area contributed by atoms with Gasteiger partial charge in [-0.25, -0.2) is 0 Å². The van der Waals surface area contributed by atoms with Gasteiger partial charge >= 0.3 is 0 Å². The van der Waals surface area contributed by atoms with E-state index in [-0.39, 0.29) is 11.6 Å². The highest BCUT2D eigenvalue weighted by molar-refractivity contribution is 5.51. The molecule has 1 saturated heterocycles. The highest BCUT2D eigenvalue weighted by Gasteiger charge is 2.31. The van der Waals surface area contributed by atoms with Crippen molar-refractivity contribution in [3.05, 3.63) is 24.3 Å². The number of ether oxygens (including phenoxy) is 1. The summed E-state index contributed by atoms with van der Waals surface area (Å²) in [5, 5.41) is 13.2. The van der Waals surface area contributed by atoms with E-state index in [4.69, 9.17) is 4.74 Å². The van der Waals surface area contributed by atoms with E-state index in [0.29, 0.717) is 13.1 Å². The molecule has 4 heteroatoms. The summed E-state index contributed by atoms with van der Waals surface area (Å²) < 4.78 is 5.17. The van der Waals surface area contributed by atoms with Crippen LogP contribution in [0.1, 0.15) is 13.8 Å². The highest BCUT2D eigenvalue weighted by atomic mass is 16.5. The van der Waals surface area contributed by atoms with E-state index < -0.39 is 0 Å². The fourth-order valence-corrected chi connectivity index (χ4v) is 2.38. The molecule has 2 rings (SSSR count). The molecule has 0 aromatic heterocycles. The number of β-amino-alcohol motifs (C(OH)–C–C–N with tert-alkyl or cyclic N) is 1. The molecule has 4 nitrogen and oxygen atoms in total. The number of nitrogens with one attached hydrogen (secondary N) is 1. The average molecular weight is 250 g/mol. The number of hydrogen-bond donors (Lipinski definition) is 2. The normalized spacial score (nSPS) is 23.6. The SMILES string of the molecule is COc1ccc(N2CC(O)CNCC2(C)C)cc1. The number of methoxy groups -OCH3 is 1. The summed E-state index contributed by atoms with van der Waals surface area (Å²) in [7, 11) is 1.67. The Hall–Kier alpha value is -1.26. The molecule has 2 N–H and O–H groups in total. The number of benzene rings is 1. The van der Waals surface area contributed by atoms with Crippen LogP contribution in [0, 0.1) is 0 Å². The van der Waals surface area contributed by atoms with Crippen LogP contribution >= 0.6 is 0 Å². The Balaban J connectivity index is 2.26. The molecule has 1 atom stereocenters. The fraction of sp³-hybridized carbons (Fsp3) is 0.571. The maximum atomic E-state index is 9.93. The molecule has 1 unspecified atom stereocenters. The zero-order chi connectivity index (χ0) is 13.2. The summed E-state index contributed by atoms with van der Waals surface area (Å²) >= 11 is 0. The van der Waals surface area contributed by atoms with Crippen LogP contribution < -0.4 is 15.0 Å². The van der Waals surface area contributed by atoms with Gasteiger partial charge in [0.1, 0.15) is 5.75 Å². The van der Waals surface area contributed by atoms with Gasteiger partial charge in [-0.05, 0) is 38.1 Å². The summed E-state index contributed by atoms with van der Waals surface area (Å²) in [6, 6.07) is 7.99. The number of anilines is 1. The highest BCUT2D eigenvalue weighted by Crippen LogP contribution is 2.27. The lowest BCUT2D eigenvalue weighted by Crippen LogP contribution is -2.49. The minimum atomic E-state index is -0.339. The van der Waals surface area contributed by atoms with Crippen LogP contribution in [0.15, 0.2) is 24.3 Å². The molecular weight excluding hydrogens is 228 g/mol. The minimum absolute atomic E-state index is 0.0218. The number of nitrogens with zero attached hydrogens (tertiary/aromatic N) is 1. The number of aliphatic hydroxyl groups excluding tert-OH is 1. The molecule has 0 amide bonds. The van der Waals surface area contributed by atoms with Crippen LogP contribution in [0.2, 0.25) is 0 Å². The van der Waals surface area contributed by atoms with Crippen LogP contribution in [-0.4, -0.2) is 43.5 Å². The second-order valence-corrected chi connectivity index (χ2v) is 5.41. The lowest BCUT2D eigenvalue weighted by atomic mass is 10.0. The van der Waals surface area contributed by atoms with E-state index in [0.717, 1.165) is 18.0 Å².